The van der Waals surface area contributed by atoms with Gasteiger partial charge in [0.15, 0.2) is 0 Å². The van der Waals surface area contributed by atoms with Crippen molar-refractivity contribution in [3.05, 3.63) is 65.2 Å². The van der Waals surface area contributed by atoms with Gasteiger partial charge in [0.2, 0.25) is 0 Å². The molecule has 1 heterocycles. The summed E-state index contributed by atoms with van der Waals surface area (Å²) in [6.07, 6.45) is 1.53. The normalized spacial score (nSPS) is 14.8. The number of methoxy groups -OCH3 is 1. The molecule has 3 rings (SSSR count). The van der Waals surface area contributed by atoms with E-state index in [-0.39, 0.29) is 17.9 Å². The van der Waals surface area contributed by atoms with Crippen molar-refractivity contribution in [2.24, 2.45) is 0 Å². The van der Waals surface area contributed by atoms with Gasteiger partial charge >= 0.3 is 0 Å². The summed E-state index contributed by atoms with van der Waals surface area (Å²) in [6, 6.07) is 14.8. The Morgan fingerprint density at radius 2 is 1.69 bits per heavy atom. The number of ether oxygens (including phenoxy) is 1. The summed E-state index contributed by atoms with van der Waals surface area (Å²) in [5.74, 6) is 0.721. The Hall–Kier alpha value is -2.82. The van der Waals surface area contributed by atoms with Crippen molar-refractivity contribution in [2.45, 2.75) is 25.8 Å². The van der Waals surface area contributed by atoms with Crippen LogP contribution in [0.2, 0.25) is 0 Å². The number of nitrogens with one attached hydrogen (secondary N) is 1. The van der Waals surface area contributed by atoms with E-state index in [1.165, 1.54) is 0 Å². The van der Waals surface area contributed by atoms with Crippen LogP contribution in [0, 0.1) is 6.92 Å². The Labute approximate surface area is 154 Å². The number of amides is 2. The molecule has 1 saturated heterocycles. The van der Waals surface area contributed by atoms with Crippen molar-refractivity contribution in [2.75, 3.05) is 20.2 Å². The van der Waals surface area contributed by atoms with Gasteiger partial charge in [0.1, 0.15) is 5.75 Å². The Bertz CT molecular complexity index is 778. The number of hydrogen-bond acceptors (Lipinski definition) is 3. The minimum atomic E-state index is -0.0389. The molecule has 1 aliphatic rings. The molecule has 0 saturated carbocycles. The third-order valence-corrected chi connectivity index (χ3v) is 4.84. The van der Waals surface area contributed by atoms with E-state index in [0.29, 0.717) is 24.2 Å². The van der Waals surface area contributed by atoms with Crippen LogP contribution in [-0.4, -0.2) is 43.0 Å². The number of aryl methyl sites for hydroxylation is 1. The third-order valence-electron chi connectivity index (χ3n) is 4.84. The van der Waals surface area contributed by atoms with Crippen LogP contribution >= 0.6 is 0 Å². The van der Waals surface area contributed by atoms with Crippen molar-refractivity contribution in [3.63, 3.8) is 0 Å². The molecule has 1 fully saturated rings. The van der Waals surface area contributed by atoms with Crippen LogP contribution < -0.4 is 10.1 Å². The zero-order chi connectivity index (χ0) is 18.5. The highest BCUT2D eigenvalue weighted by Gasteiger charge is 2.25. The number of carbonyl (C=O) groups is 2. The van der Waals surface area contributed by atoms with E-state index in [4.69, 9.17) is 4.74 Å². The maximum Gasteiger partial charge on any atom is 0.253 e. The van der Waals surface area contributed by atoms with Crippen LogP contribution in [0.25, 0.3) is 0 Å². The molecule has 0 spiro atoms. The first-order chi connectivity index (χ1) is 12.6. The fourth-order valence-corrected chi connectivity index (χ4v) is 3.23. The van der Waals surface area contributed by atoms with E-state index in [1.54, 1.807) is 31.4 Å². The molecule has 1 aliphatic heterocycles. The van der Waals surface area contributed by atoms with Gasteiger partial charge in [-0.1, -0.05) is 18.2 Å². The van der Waals surface area contributed by atoms with Gasteiger partial charge in [-0.3, -0.25) is 9.59 Å². The van der Waals surface area contributed by atoms with Crippen LogP contribution in [0.15, 0.2) is 48.5 Å². The lowest BCUT2D eigenvalue weighted by Gasteiger charge is -2.32. The molecular formula is C21H24N2O3. The molecule has 0 unspecified atom stereocenters. The van der Waals surface area contributed by atoms with Gasteiger partial charge in [0, 0.05) is 30.3 Å². The van der Waals surface area contributed by atoms with Crippen molar-refractivity contribution >= 4 is 11.8 Å². The molecule has 5 heteroatoms. The molecule has 0 bridgehead atoms. The number of benzene rings is 2. The van der Waals surface area contributed by atoms with E-state index in [1.807, 2.05) is 36.1 Å². The van der Waals surface area contributed by atoms with Crippen LogP contribution in [0.4, 0.5) is 0 Å². The van der Waals surface area contributed by atoms with E-state index >= 15 is 0 Å². The second-order valence-electron chi connectivity index (χ2n) is 6.58. The van der Waals surface area contributed by atoms with E-state index < -0.39 is 0 Å². The Morgan fingerprint density at radius 3 is 2.31 bits per heavy atom. The molecular weight excluding hydrogens is 328 g/mol. The number of nitrogens with zero attached hydrogens (tertiary/aromatic N) is 1. The molecule has 0 radical (unpaired) electrons. The third kappa shape index (κ3) is 4.04. The SMILES string of the molecule is COc1ccc(C(=O)N2CCC(NC(=O)c3ccccc3C)CC2)cc1. The predicted molar refractivity (Wildman–Crippen MR) is 101 cm³/mol. The summed E-state index contributed by atoms with van der Waals surface area (Å²) in [5, 5.41) is 3.10. The van der Waals surface area contributed by atoms with Gasteiger partial charge in [0.25, 0.3) is 11.8 Å². The average Bonchev–Trinajstić information content (AvgIpc) is 2.68. The van der Waals surface area contributed by atoms with Gasteiger partial charge in [-0.15, -0.1) is 0 Å². The van der Waals surface area contributed by atoms with Gasteiger partial charge < -0.3 is 15.0 Å². The molecule has 2 aromatic rings. The van der Waals surface area contributed by atoms with Crippen LogP contribution in [0.3, 0.4) is 0 Å². The molecule has 0 aromatic heterocycles. The highest BCUT2D eigenvalue weighted by molar-refractivity contribution is 5.96. The minimum Gasteiger partial charge on any atom is -0.497 e. The van der Waals surface area contributed by atoms with Crippen molar-refractivity contribution in [3.8, 4) is 5.75 Å². The van der Waals surface area contributed by atoms with Gasteiger partial charge in [-0.25, -0.2) is 0 Å². The van der Waals surface area contributed by atoms with Gasteiger partial charge in [-0.2, -0.15) is 0 Å². The first-order valence-electron chi connectivity index (χ1n) is 8.88. The minimum absolute atomic E-state index is 0.0244. The molecule has 5 nitrogen and oxygen atoms in total. The molecule has 0 aliphatic carbocycles. The van der Waals surface area contributed by atoms with E-state index in [0.717, 1.165) is 24.2 Å². The largest absolute Gasteiger partial charge is 0.497 e. The number of piperidine rings is 1. The Morgan fingerprint density at radius 1 is 1.04 bits per heavy atom. The maximum atomic E-state index is 12.6. The van der Waals surface area contributed by atoms with Crippen LogP contribution in [0.5, 0.6) is 5.75 Å². The number of hydrogen-bond donors (Lipinski definition) is 1. The highest BCUT2D eigenvalue weighted by Crippen LogP contribution is 2.17. The summed E-state index contributed by atoms with van der Waals surface area (Å²) in [6.45, 7) is 3.22. The summed E-state index contributed by atoms with van der Waals surface area (Å²) in [7, 11) is 1.60. The second-order valence-corrected chi connectivity index (χ2v) is 6.58. The van der Waals surface area contributed by atoms with Crippen molar-refractivity contribution in [1.82, 2.24) is 10.2 Å². The second kappa shape index (κ2) is 8.04. The predicted octanol–water partition coefficient (Wildman–Crippen LogP) is 3.04. The van der Waals surface area contributed by atoms with Crippen molar-refractivity contribution in [1.29, 1.82) is 0 Å². The van der Waals surface area contributed by atoms with Gasteiger partial charge in [-0.05, 0) is 55.7 Å². The fourth-order valence-electron chi connectivity index (χ4n) is 3.23. The summed E-state index contributed by atoms with van der Waals surface area (Å²) in [5.41, 5.74) is 2.34. The number of likely N-dealkylation sites (tertiary alicyclic amines) is 1. The topological polar surface area (TPSA) is 58.6 Å². The fraction of sp³-hybridized carbons (Fsp3) is 0.333. The summed E-state index contributed by atoms with van der Waals surface area (Å²) in [4.78, 5) is 26.9. The number of rotatable bonds is 4. The molecule has 1 N–H and O–H groups in total. The standard InChI is InChI=1S/C21H24N2O3/c1-15-5-3-4-6-19(15)20(24)22-17-11-13-23(14-12-17)21(25)16-7-9-18(26-2)10-8-16/h3-10,17H,11-14H2,1-2H3,(H,22,24). The summed E-state index contributed by atoms with van der Waals surface area (Å²) < 4.78 is 5.13. The Kier molecular flexibility index (Phi) is 5.56. The van der Waals surface area contributed by atoms with Gasteiger partial charge in [0.05, 0.1) is 7.11 Å². The molecule has 2 aromatic carbocycles. The molecule has 2 amide bonds. The lowest BCUT2D eigenvalue weighted by molar-refractivity contribution is 0.0698. The zero-order valence-electron chi connectivity index (χ0n) is 15.2. The smallest absolute Gasteiger partial charge is 0.253 e. The molecule has 136 valence electrons. The maximum absolute atomic E-state index is 12.6. The average molecular weight is 352 g/mol. The molecule has 26 heavy (non-hydrogen) atoms. The van der Waals surface area contributed by atoms with Crippen molar-refractivity contribution < 1.29 is 14.3 Å². The van der Waals surface area contributed by atoms with E-state index in [2.05, 4.69) is 5.32 Å². The quantitative estimate of drug-likeness (QED) is 0.920. The van der Waals surface area contributed by atoms with Crippen LogP contribution in [-0.2, 0) is 0 Å². The summed E-state index contributed by atoms with van der Waals surface area (Å²) >= 11 is 0. The first kappa shape index (κ1) is 18.0. The lowest BCUT2D eigenvalue weighted by Crippen LogP contribution is -2.46. The van der Waals surface area contributed by atoms with E-state index in [9.17, 15) is 9.59 Å². The first-order valence-corrected chi connectivity index (χ1v) is 8.88. The lowest BCUT2D eigenvalue weighted by atomic mass is 10.0. The molecule has 0 atom stereocenters. The number of carbonyl (C=O) groups excluding carboxylic acids is 2. The van der Waals surface area contributed by atoms with Crippen LogP contribution in [0.1, 0.15) is 39.1 Å². The monoisotopic (exact) mass is 352 g/mol. The zero-order valence-corrected chi connectivity index (χ0v) is 15.2. The Balaban J connectivity index is 1.54. The highest BCUT2D eigenvalue weighted by atomic mass is 16.5.